The maximum atomic E-state index is 11.7. The summed E-state index contributed by atoms with van der Waals surface area (Å²) in [5.41, 5.74) is 2.17. The van der Waals surface area contributed by atoms with E-state index in [-0.39, 0.29) is 18.3 Å². The molecule has 0 bridgehead atoms. The number of rotatable bonds is 5. The van der Waals surface area contributed by atoms with Crippen molar-refractivity contribution in [3.63, 3.8) is 0 Å². The molecule has 0 aliphatic rings. The van der Waals surface area contributed by atoms with Crippen LogP contribution in [-0.2, 0) is 14.6 Å². The maximum Gasteiger partial charge on any atom is 0.343 e. The maximum absolute atomic E-state index is 11.7. The van der Waals surface area contributed by atoms with Crippen molar-refractivity contribution < 1.29 is 14.6 Å². The molecular formula is C16H16O3. The highest BCUT2D eigenvalue weighted by Crippen LogP contribution is 2.28. The van der Waals surface area contributed by atoms with E-state index in [1.807, 2.05) is 60.7 Å². The van der Waals surface area contributed by atoms with Gasteiger partial charge in [0, 0.05) is 5.92 Å². The van der Waals surface area contributed by atoms with Crippen molar-refractivity contribution in [1.29, 1.82) is 0 Å². The van der Waals surface area contributed by atoms with E-state index >= 15 is 0 Å². The standard InChI is InChI=1S/C16H16O3/c1-18-19-16(17)12-15(13-8-4-2-5-9-13)14-10-6-3-7-11-14/h2-11,15H,12H2,1H3. The lowest BCUT2D eigenvalue weighted by Crippen LogP contribution is -2.11. The molecule has 3 heteroatoms. The van der Waals surface area contributed by atoms with Gasteiger partial charge < -0.3 is 0 Å². The number of carbonyl (C=O) groups excluding carboxylic acids is 1. The molecule has 3 nitrogen and oxygen atoms in total. The summed E-state index contributed by atoms with van der Waals surface area (Å²) < 4.78 is 0. The molecule has 0 atom stereocenters. The number of benzene rings is 2. The van der Waals surface area contributed by atoms with Crippen LogP contribution in [0.25, 0.3) is 0 Å². The SMILES string of the molecule is COOC(=O)CC(c1ccccc1)c1ccccc1. The van der Waals surface area contributed by atoms with Crippen molar-refractivity contribution in [3.8, 4) is 0 Å². The third kappa shape index (κ3) is 3.66. The first-order valence-electron chi connectivity index (χ1n) is 6.14. The Balaban J connectivity index is 2.26. The van der Waals surface area contributed by atoms with E-state index in [1.165, 1.54) is 7.11 Å². The molecule has 0 spiro atoms. The van der Waals surface area contributed by atoms with Crippen LogP contribution >= 0.6 is 0 Å². The average Bonchev–Trinajstić information content (AvgIpc) is 2.47. The molecule has 0 aromatic heterocycles. The van der Waals surface area contributed by atoms with Crippen molar-refractivity contribution >= 4 is 5.97 Å². The predicted molar refractivity (Wildman–Crippen MR) is 72.4 cm³/mol. The van der Waals surface area contributed by atoms with Gasteiger partial charge in [-0.05, 0) is 11.1 Å². The Bertz CT molecular complexity index is 469. The first-order valence-corrected chi connectivity index (χ1v) is 6.14. The molecule has 0 fully saturated rings. The lowest BCUT2D eigenvalue weighted by atomic mass is 9.89. The largest absolute Gasteiger partial charge is 0.343 e. The van der Waals surface area contributed by atoms with Crippen molar-refractivity contribution in [2.45, 2.75) is 12.3 Å². The summed E-state index contributed by atoms with van der Waals surface area (Å²) in [4.78, 5) is 20.7. The fraction of sp³-hybridized carbons (Fsp3) is 0.188. The molecule has 19 heavy (non-hydrogen) atoms. The van der Waals surface area contributed by atoms with Crippen LogP contribution in [0.2, 0.25) is 0 Å². The van der Waals surface area contributed by atoms with Gasteiger partial charge in [0.05, 0.1) is 13.5 Å². The number of carbonyl (C=O) groups is 1. The lowest BCUT2D eigenvalue weighted by molar-refractivity contribution is -0.255. The van der Waals surface area contributed by atoms with Gasteiger partial charge in [-0.2, -0.15) is 4.89 Å². The van der Waals surface area contributed by atoms with Gasteiger partial charge in [0.2, 0.25) is 0 Å². The Kier molecular flexibility index (Phi) is 4.70. The summed E-state index contributed by atoms with van der Waals surface area (Å²) >= 11 is 0. The van der Waals surface area contributed by atoms with E-state index in [9.17, 15) is 4.79 Å². The molecule has 98 valence electrons. The quantitative estimate of drug-likeness (QED) is 0.608. The van der Waals surface area contributed by atoms with E-state index in [2.05, 4.69) is 9.78 Å². The van der Waals surface area contributed by atoms with Gasteiger partial charge >= 0.3 is 5.97 Å². The van der Waals surface area contributed by atoms with Crippen molar-refractivity contribution in [2.24, 2.45) is 0 Å². The van der Waals surface area contributed by atoms with Crippen molar-refractivity contribution in [3.05, 3.63) is 71.8 Å². The zero-order valence-corrected chi connectivity index (χ0v) is 10.8. The third-order valence-corrected chi connectivity index (χ3v) is 2.95. The smallest absolute Gasteiger partial charge is 0.299 e. The first-order chi connectivity index (χ1) is 9.31. The third-order valence-electron chi connectivity index (χ3n) is 2.95. The molecule has 0 saturated carbocycles. The summed E-state index contributed by atoms with van der Waals surface area (Å²) in [7, 11) is 1.33. The van der Waals surface area contributed by atoms with Gasteiger partial charge in [0.25, 0.3) is 0 Å². The highest BCUT2D eigenvalue weighted by atomic mass is 17.2. The molecule has 0 saturated heterocycles. The second-order valence-electron chi connectivity index (χ2n) is 4.20. The molecule has 0 amide bonds. The number of hydrogen-bond donors (Lipinski definition) is 0. The van der Waals surface area contributed by atoms with Gasteiger partial charge in [-0.1, -0.05) is 60.7 Å². The molecule has 0 heterocycles. The van der Waals surface area contributed by atoms with Crippen LogP contribution in [0.4, 0.5) is 0 Å². The highest BCUT2D eigenvalue weighted by molar-refractivity contribution is 5.70. The molecular weight excluding hydrogens is 240 g/mol. The normalized spacial score (nSPS) is 10.4. The Morgan fingerprint density at radius 2 is 1.42 bits per heavy atom. The van der Waals surface area contributed by atoms with E-state index < -0.39 is 0 Å². The zero-order chi connectivity index (χ0) is 13.5. The first kappa shape index (κ1) is 13.3. The molecule has 0 radical (unpaired) electrons. The molecule has 2 aromatic rings. The van der Waals surface area contributed by atoms with Gasteiger partial charge in [-0.3, -0.25) is 4.89 Å². The summed E-state index contributed by atoms with van der Waals surface area (Å²) in [6.07, 6.45) is 0.252. The van der Waals surface area contributed by atoms with Crippen LogP contribution in [0, 0.1) is 0 Å². The minimum Gasteiger partial charge on any atom is -0.299 e. The Hall–Kier alpha value is -2.13. The van der Waals surface area contributed by atoms with Gasteiger partial charge in [0.15, 0.2) is 0 Å². The van der Waals surface area contributed by atoms with Gasteiger partial charge in [-0.15, -0.1) is 0 Å². The molecule has 0 unspecified atom stereocenters. The van der Waals surface area contributed by atoms with Crippen LogP contribution in [0.1, 0.15) is 23.5 Å². The summed E-state index contributed by atoms with van der Waals surface area (Å²) in [6.45, 7) is 0. The van der Waals surface area contributed by atoms with Crippen LogP contribution < -0.4 is 0 Å². The van der Waals surface area contributed by atoms with Gasteiger partial charge in [-0.25, -0.2) is 4.79 Å². The van der Waals surface area contributed by atoms with Crippen LogP contribution in [0.3, 0.4) is 0 Å². The summed E-state index contributed by atoms with van der Waals surface area (Å²) in [5.74, 6) is -0.398. The topological polar surface area (TPSA) is 35.5 Å². The zero-order valence-electron chi connectivity index (χ0n) is 10.8. The van der Waals surface area contributed by atoms with E-state index in [0.717, 1.165) is 11.1 Å². The van der Waals surface area contributed by atoms with E-state index in [0.29, 0.717) is 0 Å². The Labute approximate surface area is 112 Å². The Morgan fingerprint density at radius 3 is 1.84 bits per heavy atom. The van der Waals surface area contributed by atoms with E-state index in [1.54, 1.807) is 0 Å². The van der Waals surface area contributed by atoms with E-state index in [4.69, 9.17) is 0 Å². The summed E-state index contributed by atoms with van der Waals surface area (Å²) in [5, 5.41) is 0. The lowest BCUT2D eigenvalue weighted by Gasteiger charge is -2.16. The highest BCUT2D eigenvalue weighted by Gasteiger charge is 2.19. The van der Waals surface area contributed by atoms with Crippen molar-refractivity contribution in [2.75, 3.05) is 7.11 Å². The van der Waals surface area contributed by atoms with Crippen LogP contribution in [0.15, 0.2) is 60.7 Å². The number of hydrogen-bond acceptors (Lipinski definition) is 3. The minimum absolute atomic E-state index is 0.0231. The van der Waals surface area contributed by atoms with Gasteiger partial charge in [0.1, 0.15) is 0 Å². The molecule has 0 aliphatic carbocycles. The fourth-order valence-corrected chi connectivity index (χ4v) is 2.09. The molecule has 0 N–H and O–H groups in total. The predicted octanol–water partition coefficient (Wildman–Crippen LogP) is 3.31. The van der Waals surface area contributed by atoms with Crippen LogP contribution in [0.5, 0.6) is 0 Å². The summed E-state index contributed by atoms with van der Waals surface area (Å²) in [6, 6.07) is 19.8. The second kappa shape index (κ2) is 6.71. The average molecular weight is 256 g/mol. The Morgan fingerprint density at radius 1 is 0.947 bits per heavy atom. The second-order valence-corrected chi connectivity index (χ2v) is 4.20. The van der Waals surface area contributed by atoms with Crippen LogP contribution in [-0.4, -0.2) is 13.1 Å². The molecule has 2 aromatic carbocycles. The minimum atomic E-state index is -0.375. The monoisotopic (exact) mass is 256 g/mol. The molecule has 0 aliphatic heterocycles. The van der Waals surface area contributed by atoms with Crippen molar-refractivity contribution in [1.82, 2.24) is 0 Å². The molecule has 2 rings (SSSR count). The fourth-order valence-electron chi connectivity index (χ4n) is 2.09.